The summed E-state index contributed by atoms with van der Waals surface area (Å²) in [4.78, 5) is 18.1. The number of nitrogen functional groups attached to an aromatic ring is 1. The maximum absolute atomic E-state index is 11.8. The van der Waals surface area contributed by atoms with Crippen molar-refractivity contribution < 1.29 is 9.53 Å². The third-order valence-corrected chi connectivity index (χ3v) is 3.27. The number of amides is 1. The summed E-state index contributed by atoms with van der Waals surface area (Å²) >= 11 is 0. The van der Waals surface area contributed by atoms with Gasteiger partial charge in [-0.25, -0.2) is 9.78 Å². The highest BCUT2D eigenvalue weighted by atomic mass is 16.6. The molecule has 0 aromatic carbocycles. The number of carbonyl (C=O) groups excluding carboxylic acids is 1. The molecule has 0 unspecified atom stereocenters. The van der Waals surface area contributed by atoms with E-state index in [4.69, 9.17) is 10.5 Å². The highest BCUT2D eigenvalue weighted by molar-refractivity contribution is 5.68. The van der Waals surface area contributed by atoms with Crippen molar-refractivity contribution in [1.82, 2.24) is 10.3 Å². The van der Waals surface area contributed by atoms with Crippen molar-refractivity contribution >= 4 is 17.6 Å². The lowest BCUT2D eigenvalue weighted by Gasteiger charge is -2.35. The first-order valence-electron chi connectivity index (χ1n) is 7.29. The largest absolute Gasteiger partial charge is 0.444 e. The molecule has 2 rings (SSSR count). The Bertz CT molecular complexity index is 499. The molecule has 3 N–H and O–H groups in total. The number of anilines is 2. The van der Waals surface area contributed by atoms with E-state index in [1.807, 2.05) is 32.9 Å². The minimum Gasteiger partial charge on any atom is -0.444 e. The Balaban J connectivity index is 1.93. The van der Waals surface area contributed by atoms with Crippen molar-refractivity contribution in [1.29, 1.82) is 0 Å². The third-order valence-electron chi connectivity index (χ3n) is 3.27. The first-order chi connectivity index (χ1) is 9.83. The van der Waals surface area contributed by atoms with Gasteiger partial charge in [-0.1, -0.05) is 0 Å². The zero-order chi connectivity index (χ0) is 15.5. The van der Waals surface area contributed by atoms with Crippen molar-refractivity contribution in [2.75, 3.05) is 23.7 Å². The van der Waals surface area contributed by atoms with Crippen LogP contribution in [0.5, 0.6) is 0 Å². The Morgan fingerprint density at radius 3 is 2.95 bits per heavy atom. The van der Waals surface area contributed by atoms with E-state index in [9.17, 15) is 4.79 Å². The number of nitrogens with zero attached hydrogens (tertiary/aromatic N) is 2. The van der Waals surface area contributed by atoms with Crippen LogP contribution in [-0.2, 0) is 4.74 Å². The van der Waals surface area contributed by atoms with E-state index < -0.39 is 5.60 Å². The van der Waals surface area contributed by atoms with Crippen molar-refractivity contribution in [2.24, 2.45) is 0 Å². The van der Waals surface area contributed by atoms with E-state index in [0.29, 0.717) is 5.82 Å². The van der Waals surface area contributed by atoms with Gasteiger partial charge in [0.05, 0.1) is 0 Å². The number of aromatic nitrogens is 1. The predicted molar refractivity (Wildman–Crippen MR) is 83.3 cm³/mol. The summed E-state index contributed by atoms with van der Waals surface area (Å²) in [6.07, 6.45) is 3.32. The van der Waals surface area contributed by atoms with Crippen LogP contribution < -0.4 is 16.0 Å². The minimum absolute atomic E-state index is 0.0861. The highest BCUT2D eigenvalue weighted by Gasteiger charge is 2.24. The first kappa shape index (κ1) is 15.4. The topological polar surface area (TPSA) is 80.5 Å². The third kappa shape index (κ3) is 4.81. The monoisotopic (exact) mass is 292 g/mol. The van der Waals surface area contributed by atoms with Gasteiger partial charge in [-0.05, 0) is 39.7 Å². The molecule has 21 heavy (non-hydrogen) atoms. The molecule has 0 saturated carbocycles. The zero-order valence-electron chi connectivity index (χ0n) is 12.9. The molecule has 0 radical (unpaired) electrons. The van der Waals surface area contributed by atoms with Gasteiger partial charge in [0.2, 0.25) is 0 Å². The number of ether oxygens (including phenoxy) is 1. The van der Waals surface area contributed by atoms with Crippen molar-refractivity contribution in [3.8, 4) is 0 Å². The van der Waals surface area contributed by atoms with Crippen LogP contribution in [0.15, 0.2) is 18.3 Å². The van der Waals surface area contributed by atoms with Crippen LogP contribution in [0.25, 0.3) is 0 Å². The van der Waals surface area contributed by atoms with Crippen LogP contribution in [0.2, 0.25) is 0 Å². The number of piperidine rings is 1. The van der Waals surface area contributed by atoms with Gasteiger partial charge in [-0.2, -0.15) is 0 Å². The predicted octanol–water partition coefficient (Wildman–Crippen LogP) is 2.16. The van der Waals surface area contributed by atoms with E-state index in [0.717, 1.165) is 31.6 Å². The molecule has 1 saturated heterocycles. The zero-order valence-corrected chi connectivity index (χ0v) is 12.9. The average molecular weight is 292 g/mol. The first-order valence-corrected chi connectivity index (χ1v) is 7.29. The number of pyridine rings is 1. The number of carbonyl (C=O) groups is 1. The Morgan fingerprint density at radius 1 is 1.52 bits per heavy atom. The smallest absolute Gasteiger partial charge is 0.407 e. The van der Waals surface area contributed by atoms with Crippen LogP contribution in [-0.4, -0.2) is 35.8 Å². The molecule has 6 heteroatoms. The van der Waals surface area contributed by atoms with Crippen LogP contribution in [0.3, 0.4) is 0 Å². The van der Waals surface area contributed by atoms with Gasteiger partial charge < -0.3 is 20.7 Å². The molecule has 0 spiro atoms. The van der Waals surface area contributed by atoms with Gasteiger partial charge in [0, 0.05) is 37.1 Å². The van der Waals surface area contributed by atoms with Crippen LogP contribution in [0, 0.1) is 0 Å². The maximum Gasteiger partial charge on any atom is 0.407 e. The minimum atomic E-state index is -0.474. The lowest BCUT2D eigenvalue weighted by molar-refractivity contribution is 0.0500. The van der Waals surface area contributed by atoms with Gasteiger partial charge in [0.15, 0.2) is 0 Å². The molecule has 0 bridgehead atoms. The molecule has 1 fully saturated rings. The second-order valence-electron chi connectivity index (χ2n) is 6.37. The molecule has 6 nitrogen and oxygen atoms in total. The summed E-state index contributed by atoms with van der Waals surface area (Å²) in [5.74, 6) is 0.509. The highest BCUT2D eigenvalue weighted by Crippen LogP contribution is 2.21. The fraction of sp³-hybridized carbons (Fsp3) is 0.600. The van der Waals surface area contributed by atoms with Gasteiger partial charge >= 0.3 is 6.09 Å². The normalized spacial score (nSPS) is 19.2. The van der Waals surface area contributed by atoms with Crippen LogP contribution in [0.4, 0.5) is 16.3 Å². The van der Waals surface area contributed by atoms with Crippen LogP contribution >= 0.6 is 0 Å². The molecule has 1 aliphatic rings. The maximum atomic E-state index is 11.8. The van der Waals surface area contributed by atoms with E-state index in [-0.39, 0.29) is 12.1 Å². The summed E-state index contributed by atoms with van der Waals surface area (Å²) in [5.41, 5.74) is 6.29. The van der Waals surface area contributed by atoms with Gasteiger partial charge in [-0.15, -0.1) is 0 Å². The molecule has 1 aliphatic heterocycles. The Morgan fingerprint density at radius 2 is 2.29 bits per heavy atom. The molecular formula is C15H24N4O2. The molecule has 1 amide bonds. The van der Waals surface area contributed by atoms with E-state index in [1.54, 1.807) is 6.20 Å². The number of hydrogen-bond acceptors (Lipinski definition) is 5. The van der Waals surface area contributed by atoms with Crippen molar-refractivity contribution in [3.05, 3.63) is 18.3 Å². The second-order valence-corrected chi connectivity index (χ2v) is 6.37. The number of hydrogen-bond donors (Lipinski definition) is 2. The fourth-order valence-electron chi connectivity index (χ4n) is 2.44. The van der Waals surface area contributed by atoms with Crippen molar-refractivity contribution in [3.63, 3.8) is 0 Å². The van der Waals surface area contributed by atoms with E-state index in [2.05, 4.69) is 15.2 Å². The number of nitrogens with two attached hydrogens (primary N) is 1. The second kappa shape index (κ2) is 6.20. The number of nitrogens with one attached hydrogen (secondary N) is 1. The average Bonchev–Trinajstić information content (AvgIpc) is 2.36. The van der Waals surface area contributed by atoms with Gasteiger partial charge in [0.1, 0.15) is 11.4 Å². The molecule has 116 valence electrons. The quantitative estimate of drug-likeness (QED) is 0.873. The molecular weight excluding hydrogens is 268 g/mol. The van der Waals surface area contributed by atoms with Crippen LogP contribution in [0.1, 0.15) is 33.6 Å². The van der Waals surface area contributed by atoms with Gasteiger partial charge in [0.25, 0.3) is 0 Å². The summed E-state index contributed by atoms with van der Waals surface area (Å²) in [6.45, 7) is 7.29. The van der Waals surface area contributed by atoms with Crippen molar-refractivity contribution in [2.45, 2.75) is 45.3 Å². The Kier molecular flexibility index (Phi) is 4.55. The Labute approximate surface area is 125 Å². The van der Waals surface area contributed by atoms with E-state index in [1.165, 1.54) is 0 Å². The SMILES string of the molecule is CC(C)(C)OC(=O)N[C@H]1CCCN(c2ccnc(N)c2)C1. The van der Waals surface area contributed by atoms with E-state index >= 15 is 0 Å². The molecule has 1 aromatic heterocycles. The standard InChI is InChI=1S/C15H24N4O2/c1-15(2,3)21-14(20)18-11-5-4-8-19(10-11)12-6-7-17-13(16)9-12/h6-7,9,11H,4-5,8,10H2,1-3H3,(H2,16,17)(H,18,20)/t11-/m0/s1. The fourth-order valence-corrected chi connectivity index (χ4v) is 2.44. The number of alkyl carbamates (subject to hydrolysis) is 1. The van der Waals surface area contributed by atoms with Gasteiger partial charge in [-0.3, -0.25) is 0 Å². The lowest BCUT2D eigenvalue weighted by atomic mass is 10.1. The molecule has 1 atom stereocenters. The summed E-state index contributed by atoms with van der Waals surface area (Å²) in [7, 11) is 0. The molecule has 2 heterocycles. The number of rotatable bonds is 2. The molecule has 1 aromatic rings. The summed E-state index contributed by atoms with van der Waals surface area (Å²) in [5, 5.41) is 2.94. The molecule has 0 aliphatic carbocycles. The summed E-state index contributed by atoms with van der Waals surface area (Å²) in [6, 6.07) is 3.88. The lowest BCUT2D eigenvalue weighted by Crippen LogP contribution is -2.49. The summed E-state index contributed by atoms with van der Waals surface area (Å²) < 4.78 is 5.30. The Hall–Kier alpha value is -1.98.